The second-order valence-corrected chi connectivity index (χ2v) is 5.94. The van der Waals surface area contributed by atoms with Crippen LogP contribution in [0.4, 0.5) is 11.4 Å². The summed E-state index contributed by atoms with van der Waals surface area (Å²) in [4.78, 5) is 0. The molecule has 0 radical (unpaired) electrons. The first-order valence-electron chi connectivity index (χ1n) is 6.63. The number of nitrogens with one attached hydrogen (secondary N) is 1. The van der Waals surface area contributed by atoms with Gasteiger partial charge in [0.2, 0.25) is 0 Å². The predicted molar refractivity (Wildman–Crippen MR) is 84.3 cm³/mol. The van der Waals surface area contributed by atoms with E-state index in [2.05, 4.69) is 45.5 Å². The molecule has 19 heavy (non-hydrogen) atoms. The van der Waals surface area contributed by atoms with E-state index in [1.165, 1.54) is 24.0 Å². The first-order chi connectivity index (χ1) is 9.24. The number of nitrogen functional groups attached to an aromatic ring is 1. The van der Waals surface area contributed by atoms with Crippen LogP contribution in [-0.4, -0.2) is 0 Å². The average molecular weight is 317 g/mol. The van der Waals surface area contributed by atoms with E-state index in [0.29, 0.717) is 6.04 Å². The molecule has 3 heteroatoms. The van der Waals surface area contributed by atoms with Gasteiger partial charge in [0, 0.05) is 4.47 Å². The molecule has 1 atom stereocenters. The molecule has 0 spiro atoms. The molecule has 0 aromatic heterocycles. The van der Waals surface area contributed by atoms with Gasteiger partial charge in [-0.2, -0.15) is 0 Å². The van der Waals surface area contributed by atoms with Gasteiger partial charge in [0.25, 0.3) is 0 Å². The highest BCUT2D eigenvalue weighted by Gasteiger charge is 2.19. The highest BCUT2D eigenvalue weighted by molar-refractivity contribution is 9.10. The Kier molecular flexibility index (Phi) is 3.47. The third-order valence-corrected chi connectivity index (χ3v) is 4.21. The van der Waals surface area contributed by atoms with Crippen molar-refractivity contribution in [3.8, 4) is 0 Å². The van der Waals surface area contributed by atoms with Gasteiger partial charge in [0.15, 0.2) is 0 Å². The van der Waals surface area contributed by atoms with Crippen molar-refractivity contribution in [2.45, 2.75) is 25.3 Å². The molecule has 0 saturated heterocycles. The summed E-state index contributed by atoms with van der Waals surface area (Å²) >= 11 is 3.44. The van der Waals surface area contributed by atoms with Gasteiger partial charge in [-0.05, 0) is 48.6 Å². The summed E-state index contributed by atoms with van der Waals surface area (Å²) in [5.74, 6) is 0. The van der Waals surface area contributed by atoms with E-state index in [9.17, 15) is 0 Å². The van der Waals surface area contributed by atoms with Crippen molar-refractivity contribution >= 4 is 27.3 Å². The van der Waals surface area contributed by atoms with Crippen LogP contribution < -0.4 is 11.1 Å². The Morgan fingerprint density at radius 2 is 2.00 bits per heavy atom. The molecule has 0 heterocycles. The molecule has 2 aromatic carbocycles. The van der Waals surface area contributed by atoms with Gasteiger partial charge in [-0.25, -0.2) is 0 Å². The van der Waals surface area contributed by atoms with Crippen LogP contribution in [0.15, 0.2) is 46.9 Å². The van der Waals surface area contributed by atoms with E-state index in [1.54, 1.807) is 0 Å². The number of rotatable bonds is 2. The second kappa shape index (κ2) is 5.25. The van der Waals surface area contributed by atoms with Crippen molar-refractivity contribution in [3.05, 3.63) is 58.1 Å². The minimum Gasteiger partial charge on any atom is -0.397 e. The van der Waals surface area contributed by atoms with Crippen molar-refractivity contribution in [3.63, 3.8) is 0 Å². The minimum absolute atomic E-state index is 0.369. The van der Waals surface area contributed by atoms with Gasteiger partial charge in [-0.1, -0.05) is 40.2 Å². The number of nitrogens with two attached hydrogens (primary N) is 1. The summed E-state index contributed by atoms with van der Waals surface area (Å²) < 4.78 is 1.01. The number of aryl methyl sites for hydroxylation is 1. The van der Waals surface area contributed by atoms with Gasteiger partial charge in [-0.3, -0.25) is 0 Å². The Morgan fingerprint density at radius 1 is 1.16 bits per heavy atom. The zero-order chi connectivity index (χ0) is 13.2. The highest BCUT2D eigenvalue weighted by atomic mass is 79.9. The highest BCUT2D eigenvalue weighted by Crippen LogP contribution is 2.34. The maximum atomic E-state index is 6.07. The quantitative estimate of drug-likeness (QED) is 0.799. The van der Waals surface area contributed by atoms with E-state index >= 15 is 0 Å². The average Bonchev–Trinajstić information content (AvgIpc) is 2.42. The van der Waals surface area contributed by atoms with Gasteiger partial charge in [-0.15, -0.1) is 0 Å². The van der Waals surface area contributed by atoms with Crippen LogP contribution in [0.25, 0.3) is 0 Å². The topological polar surface area (TPSA) is 38.0 Å². The molecule has 0 aliphatic heterocycles. The molecule has 1 aliphatic carbocycles. The third kappa shape index (κ3) is 2.61. The van der Waals surface area contributed by atoms with E-state index in [1.807, 2.05) is 18.2 Å². The monoisotopic (exact) mass is 316 g/mol. The normalized spacial score (nSPS) is 17.8. The van der Waals surface area contributed by atoms with Crippen molar-refractivity contribution in [2.24, 2.45) is 0 Å². The SMILES string of the molecule is Nc1cc(Br)ccc1NC1CCCc2ccccc21. The lowest BCUT2D eigenvalue weighted by Crippen LogP contribution is -2.17. The summed E-state index contributed by atoms with van der Waals surface area (Å²) in [5.41, 5.74) is 10.7. The largest absolute Gasteiger partial charge is 0.397 e. The van der Waals surface area contributed by atoms with Crippen LogP contribution in [0.1, 0.15) is 30.0 Å². The van der Waals surface area contributed by atoms with Crippen molar-refractivity contribution in [2.75, 3.05) is 11.1 Å². The predicted octanol–water partition coefficient (Wildman–Crippen LogP) is 4.52. The van der Waals surface area contributed by atoms with E-state index in [0.717, 1.165) is 22.3 Å². The summed E-state index contributed by atoms with van der Waals surface area (Å²) in [7, 11) is 0. The fourth-order valence-electron chi connectivity index (χ4n) is 2.76. The molecule has 0 fully saturated rings. The summed E-state index contributed by atoms with van der Waals surface area (Å²) in [6, 6.07) is 15.1. The van der Waals surface area contributed by atoms with Crippen LogP contribution in [0, 0.1) is 0 Å². The fourth-order valence-corrected chi connectivity index (χ4v) is 3.14. The number of hydrogen-bond donors (Lipinski definition) is 2. The molecule has 2 nitrogen and oxygen atoms in total. The standard InChI is InChI=1S/C16H17BrN2/c17-12-8-9-16(14(18)10-12)19-15-7-3-5-11-4-1-2-6-13(11)15/h1-2,4,6,8-10,15,19H,3,5,7,18H2. The van der Waals surface area contributed by atoms with E-state index in [4.69, 9.17) is 5.73 Å². The lowest BCUT2D eigenvalue weighted by atomic mass is 9.87. The smallest absolute Gasteiger partial charge is 0.0579 e. The molecule has 0 bridgehead atoms. The first kappa shape index (κ1) is 12.5. The molecule has 3 N–H and O–H groups in total. The summed E-state index contributed by atoms with van der Waals surface area (Å²) in [6.07, 6.45) is 3.57. The van der Waals surface area contributed by atoms with E-state index in [-0.39, 0.29) is 0 Å². The van der Waals surface area contributed by atoms with Crippen LogP contribution in [-0.2, 0) is 6.42 Å². The lowest BCUT2D eigenvalue weighted by molar-refractivity contribution is 0.600. The van der Waals surface area contributed by atoms with Crippen LogP contribution >= 0.6 is 15.9 Å². The Bertz CT molecular complexity index is 595. The van der Waals surface area contributed by atoms with Crippen LogP contribution in [0.3, 0.4) is 0 Å². The number of fused-ring (bicyclic) bond motifs is 1. The first-order valence-corrected chi connectivity index (χ1v) is 7.43. The van der Waals surface area contributed by atoms with Crippen molar-refractivity contribution in [1.82, 2.24) is 0 Å². The minimum atomic E-state index is 0.369. The Hall–Kier alpha value is -1.48. The Balaban J connectivity index is 1.88. The fraction of sp³-hybridized carbons (Fsp3) is 0.250. The maximum Gasteiger partial charge on any atom is 0.0579 e. The lowest BCUT2D eigenvalue weighted by Gasteiger charge is -2.27. The van der Waals surface area contributed by atoms with Gasteiger partial charge in [0.05, 0.1) is 17.4 Å². The van der Waals surface area contributed by atoms with E-state index < -0.39 is 0 Å². The molecule has 98 valence electrons. The number of anilines is 2. The molecule has 3 rings (SSSR count). The molecule has 0 saturated carbocycles. The number of halogens is 1. The molecule has 0 amide bonds. The van der Waals surface area contributed by atoms with Crippen molar-refractivity contribution in [1.29, 1.82) is 0 Å². The maximum absolute atomic E-state index is 6.07. The summed E-state index contributed by atoms with van der Waals surface area (Å²) in [5, 5.41) is 3.59. The van der Waals surface area contributed by atoms with Gasteiger partial charge >= 0.3 is 0 Å². The Labute approximate surface area is 122 Å². The van der Waals surface area contributed by atoms with Gasteiger partial charge < -0.3 is 11.1 Å². The molecular weight excluding hydrogens is 300 g/mol. The number of benzene rings is 2. The van der Waals surface area contributed by atoms with Gasteiger partial charge in [0.1, 0.15) is 0 Å². The van der Waals surface area contributed by atoms with Crippen LogP contribution in [0.5, 0.6) is 0 Å². The molecule has 1 unspecified atom stereocenters. The van der Waals surface area contributed by atoms with Crippen molar-refractivity contribution < 1.29 is 0 Å². The second-order valence-electron chi connectivity index (χ2n) is 5.02. The summed E-state index contributed by atoms with van der Waals surface area (Å²) in [6.45, 7) is 0. The molecular formula is C16H17BrN2. The zero-order valence-corrected chi connectivity index (χ0v) is 12.3. The third-order valence-electron chi connectivity index (χ3n) is 3.71. The van der Waals surface area contributed by atoms with Crippen LogP contribution in [0.2, 0.25) is 0 Å². The zero-order valence-electron chi connectivity index (χ0n) is 10.7. The Morgan fingerprint density at radius 3 is 2.84 bits per heavy atom. The molecule has 1 aliphatic rings. The number of hydrogen-bond acceptors (Lipinski definition) is 2. The molecule has 2 aromatic rings.